The number of nitrogens with one attached hydrogen (secondary N) is 2. The number of nitrogens with zero attached hydrogens (tertiary/aromatic N) is 5. The van der Waals surface area contributed by atoms with E-state index in [-0.39, 0.29) is 5.91 Å². The molecule has 1 fully saturated rings. The van der Waals surface area contributed by atoms with E-state index < -0.39 is 17.8 Å². The van der Waals surface area contributed by atoms with Gasteiger partial charge in [-0.05, 0) is 56.5 Å². The van der Waals surface area contributed by atoms with Crippen LogP contribution in [0.5, 0.6) is 0 Å². The first-order chi connectivity index (χ1) is 16.8. The van der Waals surface area contributed by atoms with Crippen LogP contribution in [0, 0.1) is 0 Å². The molecule has 8 nitrogen and oxygen atoms in total. The fourth-order valence-corrected chi connectivity index (χ4v) is 3.87. The molecule has 1 atom stereocenters. The van der Waals surface area contributed by atoms with Crippen molar-refractivity contribution in [2.45, 2.75) is 44.4 Å². The molecule has 1 aromatic carbocycles. The lowest BCUT2D eigenvalue weighted by Gasteiger charge is -2.27. The fraction of sp³-hybridized carbons (Fsp3) is 0.292. The van der Waals surface area contributed by atoms with Gasteiger partial charge >= 0.3 is 6.18 Å². The number of rotatable bonds is 6. The molecule has 0 aliphatic heterocycles. The number of halogens is 3. The molecule has 0 bridgehead atoms. The molecule has 1 aliphatic carbocycles. The van der Waals surface area contributed by atoms with Crippen LogP contribution in [0.1, 0.15) is 60.0 Å². The number of fused-ring (bicyclic) bond motifs is 1. The number of imidazole rings is 1. The molecule has 3 aromatic heterocycles. The predicted octanol–water partition coefficient (Wildman–Crippen LogP) is 5.20. The highest BCUT2D eigenvalue weighted by Crippen LogP contribution is 2.34. The first kappa shape index (κ1) is 22.8. The number of carbonyl (C=O) groups excluding carboxylic acids is 1. The molecule has 0 spiro atoms. The Balaban J connectivity index is 1.23. The van der Waals surface area contributed by atoms with Gasteiger partial charge in [0, 0.05) is 11.7 Å². The van der Waals surface area contributed by atoms with E-state index in [0.29, 0.717) is 28.9 Å². The first-order valence-electron chi connectivity index (χ1n) is 11.2. The van der Waals surface area contributed by atoms with Crippen molar-refractivity contribution in [2.24, 2.45) is 0 Å². The lowest BCUT2D eigenvalue weighted by Crippen LogP contribution is -2.28. The summed E-state index contributed by atoms with van der Waals surface area (Å²) in [4.78, 5) is 30.0. The van der Waals surface area contributed by atoms with Gasteiger partial charge in [-0.15, -0.1) is 0 Å². The topological polar surface area (TPSA) is 97.6 Å². The van der Waals surface area contributed by atoms with Crippen LogP contribution in [-0.4, -0.2) is 30.4 Å². The molecule has 0 unspecified atom stereocenters. The zero-order valence-corrected chi connectivity index (χ0v) is 18.8. The molecule has 35 heavy (non-hydrogen) atoms. The minimum atomic E-state index is -4.39. The third-order valence-electron chi connectivity index (χ3n) is 6.11. The molecule has 5 rings (SSSR count). The van der Waals surface area contributed by atoms with Crippen molar-refractivity contribution >= 4 is 28.4 Å². The number of hydrogen-bond donors (Lipinski definition) is 2. The highest BCUT2D eigenvalue weighted by Gasteiger charge is 2.30. The normalized spacial score (nSPS) is 15.0. The molecular weight excluding hydrogens is 459 g/mol. The first-order valence-corrected chi connectivity index (χ1v) is 11.2. The van der Waals surface area contributed by atoms with Gasteiger partial charge in [-0.3, -0.25) is 9.78 Å². The predicted molar refractivity (Wildman–Crippen MR) is 123 cm³/mol. The molecule has 1 saturated carbocycles. The largest absolute Gasteiger partial charge is 0.416 e. The molecule has 4 aromatic rings. The maximum atomic E-state index is 12.8. The van der Waals surface area contributed by atoms with Gasteiger partial charge in [0.15, 0.2) is 0 Å². The number of carbonyl (C=O) groups is 1. The van der Waals surface area contributed by atoms with E-state index in [1.54, 1.807) is 25.5 Å². The van der Waals surface area contributed by atoms with Crippen LogP contribution in [0.2, 0.25) is 0 Å². The third-order valence-corrected chi connectivity index (χ3v) is 6.11. The average Bonchev–Trinajstić information content (AvgIpc) is 3.21. The number of anilines is 2. The molecule has 0 radical (unpaired) electrons. The number of aromatic nitrogens is 5. The molecule has 0 saturated heterocycles. The number of alkyl halides is 3. The maximum absolute atomic E-state index is 12.8. The second-order valence-corrected chi connectivity index (χ2v) is 8.52. The van der Waals surface area contributed by atoms with Gasteiger partial charge in [-0.2, -0.15) is 13.2 Å². The standard InChI is InChI=1S/C24H22F3N7O/c1-14(19-10-30-22(12-29-19)33-16-7-5-15(6-8-16)24(25,26)27)32-23(35)18-9-21-20(11-28-18)31-13-34(21)17-3-2-4-17/h5-14,17H,2-4H2,1H3,(H,30,33)(H,32,35)/t14-/m1/s1. The molecule has 1 aliphatic rings. The van der Waals surface area contributed by atoms with Crippen LogP contribution in [0.4, 0.5) is 24.7 Å². The van der Waals surface area contributed by atoms with Crippen LogP contribution < -0.4 is 10.6 Å². The Kier molecular flexibility index (Phi) is 5.83. The van der Waals surface area contributed by atoms with E-state index in [1.165, 1.54) is 30.9 Å². The van der Waals surface area contributed by atoms with Crippen LogP contribution in [0.25, 0.3) is 11.0 Å². The fourth-order valence-electron chi connectivity index (χ4n) is 3.87. The SMILES string of the molecule is C[C@@H](NC(=O)c1cc2c(cn1)ncn2C1CCC1)c1cnc(Nc2ccc(C(F)(F)F)cc2)cn1. The summed E-state index contributed by atoms with van der Waals surface area (Å²) < 4.78 is 40.2. The lowest BCUT2D eigenvalue weighted by atomic mass is 9.93. The summed E-state index contributed by atoms with van der Waals surface area (Å²) in [7, 11) is 0. The van der Waals surface area contributed by atoms with E-state index in [1.807, 2.05) is 0 Å². The summed E-state index contributed by atoms with van der Waals surface area (Å²) in [5.41, 5.74) is 2.18. The summed E-state index contributed by atoms with van der Waals surface area (Å²) in [6, 6.07) is 6.36. The summed E-state index contributed by atoms with van der Waals surface area (Å²) in [5.74, 6) is 0.0259. The van der Waals surface area contributed by atoms with Crippen molar-refractivity contribution in [1.29, 1.82) is 0 Å². The zero-order valence-electron chi connectivity index (χ0n) is 18.8. The number of hydrogen-bond acceptors (Lipinski definition) is 6. The van der Waals surface area contributed by atoms with Crippen LogP contribution in [0.3, 0.4) is 0 Å². The number of pyridine rings is 1. The molecule has 3 heterocycles. The Morgan fingerprint density at radius 2 is 1.83 bits per heavy atom. The van der Waals surface area contributed by atoms with Crippen molar-refractivity contribution in [2.75, 3.05) is 5.32 Å². The molecule has 11 heteroatoms. The summed E-state index contributed by atoms with van der Waals surface area (Å²) in [6.45, 7) is 1.78. The quantitative estimate of drug-likeness (QED) is 0.393. The van der Waals surface area contributed by atoms with E-state index in [2.05, 4.69) is 35.1 Å². The van der Waals surface area contributed by atoms with E-state index in [0.717, 1.165) is 36.0 Å². The van der Waals surface area contributed by atoms with Gasteiger partial charge in [0.2, 0.25) is 0 Å². The molecule has 180 valence electrons. The van der Waals surface area contributed by atoms with Gasteiger partial charge in [-0.25, -0.2) is 15.0 Å². The van der Waals surface area contributed by atoms with E-state index in [4.69, 9.17) is 0 Å². The monoisotopic (exact) mass is 481 g/mol. The Morgan fingerprint density at radius 3 is 2.46 bits per heavy atom. The Bertz CT molecular complexity index is 1350. The summed E-state index contributed by atoms with van der Waals surface area (Å²) >= 11 is 0. The third kappa shape index (κ3) is 4.79. The zero-order chi connectivity index (χ0) is 24.6. The minimum absolute atomic E-state index is 0.291. The van der Waals surface area contributed by atoms with Crippen molar-refractivity contribution < 1.29 is 18.0 Å². The van der Waals surface area contributed by atoms with Gasteiger partial charge < -0.3 is 15.2 Å². The Morgan fingerprint density at radius 1 is 1.06 bits per heavy atom. The number of benzene rings is 1. The van der Waals surface area contributed by atoms with Gasteiger partial charge in [0.05, 0.1) is 47.7 Å². The Hall–Kier alpha value is -4.02. The van der Waals surface area contributed by atoms with Gasteiger partial charge in [0.25, 0.3) is 5.91 Å². The summed E-state index contributed by atoms with van der Waals surface area (Å²) in [5, 5.41) is 5.78. The molecule has 2 N–H and O–H groups in total. The average molecular weight is 481 g/mol. The smallest absolute Gasteiger partial charge is 0.343 e. The highest BCUT2D eigenvalue weighted by atomic mass is 19.4. The maximum Gasteiger partial charge on any atom is 0.416 e. The second-order valence-electron chi connectivity index (χ2n) is 8.52. The van der Waals surface area contributed by atoms with Crippen molar-refractivity contribution in [3.8, 4) is 0 Å². The van der Waals surface area contributed by atoms with Crippen molar-refractivity contribution in [1.82, 2.24) is 29.8 Å². The van der Waals surface area contributed by atoms with Gasteiger partial charge in [-0.1, -0.05) is 0 Å². The highest BCUT2D eigenvalue weighted by molar-refractivity contribution is 5.95. The number of amides is 1. The van der Waals surface area contributed by atoms with Crippen molar-refractivity contribution in [3.63, 3.8) is 0 Å². The van der Waals surface area contributed by atoms with E-state index in [9.17, 15) is 18.0 Å². The summed E-state index contributed by atoms with van der Waals surface area (Å²) in [6.07, 6.45) is 5.38. The van der Waals surface area contributed by atoms with Crippen LogP contribution in [0.15, 0.2) is 55.2 Å². The second kappa shape index (κ2) is 8.97. The van der Waals surface area contributed by atoms with E-state index >= 15 is 0 Å². The van der Waals surface area contributed by atoms with Gasteiger partial charge in [0.1, 0.15) is 17.0 Å². The van der Waals surface area contributed by atoms with Crippen molar-refractivity contribution in [3.05, 3.63) is 72.2 Å². The molecular formula is C24H22F3N7O. The lowest BCUT2D eigenvalue weighted by molar-refractivity contribution is -0.137. The minimum Gasteiger partial charge on any atom is -0.343 e. The Labute approximate surface area is 198 Å². The van der Waals surface area contributed by atoms with Crippen LogP contribution >= 0.6 is 0 Å². The molecule has 1 amide bonds. The van der Waals surface area contributed by atoms with Crippen LogP contribution in [-0.2, 0) is 6.18 Å².